The first-order chi connectivity index (χ1) is 6.65. The van der Waals surface area contributed by atoms with E-state index in [1.807, 2.05) is 0 Å². The molecule has 78 valence electrons. The predicted molar refractivity (Wildman–Crippen MR) is 52.7 cm³/mol. The summed E-state index contributed by atoms with van der Waals surface area (Å²) in [6.45, 7) is 1.46. The maximum atomic E-state index is 11.4. The van der Waals surface area contributed by atoms with Crippen molar-refractivity contribution < 1.29 is 9.59 Å². The number of fused-ring (bicyclic) bond motifs is 2. The maximum absolute atomic E-state index is 11.4. The average Bonchev–Trinajstić information content (AvgIpc) is 2.62. The molecule has 0 aromatic carbocycles. The Labute approximate surface area is 84.2 Å². The van der Waals surface area contributed by atoms with Gasteiger partial charge in [0.2, 0.25) is 5.91 Å². The van der Waals surface area contributed by atoms with Crippen LogP contribution in [0.3, 0.4) is 0 Å². The van der Waals surface area contributed by atoms with E-state index in [0.717, 1.165) is 12.3 Å². The normalized spacial score (nSPS) is 34.5. The van der Waals surface area contributed by atoms with Crippen molar-refractivity contribution in [2.45, 2.75) is 45.1 Å². The van der Waals surface area contributed by atoms with Crippen molar-refractivity contribution in [2.24, 2.45) is 11.8 Å². The Morgan fingerprint density at radius 1 is 1.29 bits per heavy atom. The molecule has 2 saturated carbocycles. The standard InChI is InChI=1S/C11H17NO2/c1-7(13)4-11(14)12-10-6-8-2-3-9(10)5-8/h8-10H,2-6H2,1H3,(H,12,14). The Kier molecular flexibility index (Phi) is 2.57. The maximum Gasteiger partial charge on any atom is 0.227 e. The van der Waals surface area contributed by atoms with Crippen molar-refractivity contribution in [1.29, 1.82) is 0 Å². The van der Waals surface area contributed by atoms with Gasteiger partial charge >= 0.3 is 0 Å². The SMILES string of the molecule is CC(=O)CC(=O)NC1CC2CCC1C2. The lowest BCUT2D eigenvalue weighted by molar-refractivity contribution is -0.127. The molecule has 2 bridgehead atoms. The Balaban J connectivity index is 1.81. The van der Waals surface area contributed by atoms with Crippen molar-refractivity contribution >= 4 is 11.7 Å². The van der Waals surface area contributed by atoms with Gasteiger partial charge in [-0.25, -0.2) is 0 Å². The third kappa shape index (κ3) is 1.97. The second kappa shape index (κ2) is 3.71. The van der Waals surface area contributed by atoms with Crippen LogP contribution in [0.25, 0.3) is 0 Å². The van der Waals surface area contributed by atoms with Gasteiger partial charge in [0, 0.05) is 6.04 Å². The molecule has 2 aliphatic rings. The first-order valence-electron chi connectivity index (χ1n) is 5.44. The number of hydrogen-bond acceptors (Lipinski definition) is 2. The van der Waals surface area contributed by atoms with Gasteiger partial charge < -0.3 is 5.32 Å². The highest BCUT2D eigenvalue weighted by Gasteiger charge is 2.39. The number of hydrogen-bond donors (Lipinski definition) is 1. The fourth-order valence-corrected chi connectivity index (χ4v) is 2.91. The number of ketones is 1. The summed E-state index contributed by atoms with van der Waals surface area (Å²) in [5.41, 5.74) is 0. The molecule has 0 spiro atoms. The summed E-state index contributed by atoms with van der Waals surface area (Å²) in [6, 6.07) is 0.362. The smallest absolute Gasteiger partial charge is 0.227 e. The summed E-state index contributed by atoms with van der Waals surface area (Å²) in [5.74, 6) is 1.39. The topological polar surface area (TPSA) is 46.2 Å². The van der Waals surface area contributed by atoms with Gasteiger partial charge in [-0.15, -0.1) is 0 Å². The van der Waals surface area contributed by atoms with Gasteiger partial charge in [0.15, 0.2) is 0 Å². The number of Topliss-reactive ketones (excluding diaryl/α,β-unsaturated/α-hetero) is 1. The van der Waals surface area contributed by atoms with E-state index < -0.39 is 0 Å². The van der Waals surface area contributed by atoms with E-state index in [1.165, 1.54) is 26.2 Å². The highest BCUT2D eigenvalue weighted by molar-refractivity contribution is 5.96. The number of nitrogens with one attached hydrogen (secondary N) is 1. The van der Waals surface area contributed by atoms with E-state index in [0.29, 0.717) is 12.0 Å². The molecule has 0 saturated heterocycles. The molecule has 0 aliphatic heterocycles. The molecule has 3 unspecified atom stereocenters. The van der Waals surface area contributed by atoms with Crippen LogP contribution in [-0.2, 0) is 9.59 Å². The molecule has 0 radical (unpaired) electrons. The van der Waals surface area contributed by atoms with Crippen molar-refractivity contribution in [3.8, 4) is 0 Å². The lowest BCUT2D eigenvalue weighted by Gasteiger charge is -2.22. The summed E-state index contributed by atoms with van der Waals surface area (Å²) in [7, 11) is 0. The van der Waals surface area contributed by atoms with Gasteiger partial charge in [0.1, 0.15) is 5.78 Å². The van der Waals surface area contributed by atoms with Crippen LogP contribution in [0, 0.1) is 11.8 Å². The Morgan fingerprint density at radius 2 is 2.07 bits per heavy atom. The molecule has 3 nitrogen and oxygen atoms in total. The number of amides is 1. The Bertz CT molecular complexity index is 262. The van der Waals surface area contributed by atoms with Crippen LogP contribution in [0.5, 0.6) is 0 Å². The van der Waals surface area contributed by atoms with Crippen LogP contribution in [0.15, 0.2) is 0 Å². The molecule has 2 rings (SSSR count). The second-order valence-electron chi connectivity index (χ2n) is 4.73. The molecule has 0 aromatic rings. The second-order valence-corrected chi connectivity index (χ2v) is 4.73. The lowest BCUT2D eigenvalue weighted by Crippen LogP contribution is -2.39. The Hall–Kier alpha value is -0.860. The summed E-state index contributed by atoms with van der Waals surface area (Å²) in [6.07, 6.45) is 5.06. The number of carbonyl (C=O) groups excluding carboxylic acids is 2. The van der Waals surface area contributed by atoms with Crippen molar-refractivity contribution in [3.63, 3.8) is 0 Å². The van der Waals surface area contributed by atoms with Crippen LogP contribution < -0.4 is 5.32 Å². The fourth-order valence-electron chi connectivity index (χ4n) is 2.91. The molecular weight excluding hydrogens is 178 g/mol. The third-order valence-electron chi connectivity index (χ3n) is 3.49. The summed E-state index contributed by atoms with van der Waals surface area (Å²) >= 11 is 0. The van der Waals surface area contributed by atoms with Gasteiger partial charge in [-0.1, -0.05) is 6.42 Å². The summed E-state index contributed by atoms with van der Waals surface area (Å²) in [5, 5.41) is 2.98. The van der Waals surface area contributed by atoms with Gasteiger partial charge in [-0.2, -0.15) is 0 Å². The van der Waals surface area contributed by atoms with E-state index in [9.17, 15) is 9.59 Å². The van der Waals surface area contributed by atoms with Crippen LogP contribution in [0.1, 0.15) is 39.0 Å². The molecule has 1 amide bonds. The van der Waals surface area contributed by atoms with E-state index in [2.05, 4.69) is 5.32 Å². The molecule has 2 fully saturated rings. The van der Waals surface area contributed by atoms with Crippen LogP contribution in [-0.4, -0.2) is 17.7 Å². The Morgan fingerprint density at radius 3 is 2.57 bits per heavy atom. The lowest BCUT2D eigenvalue weighted by atomic mass is 9.95. The van der Waals surface area contributed by atoms with Gasteiger partial charge in [0.25, 0.3) is 0 Å². The zero-order chi connectivity index (χ0) is 10.1. The molecule has 3 heteroatoms. The van der Waals surface area contributed by atoms with E-state index >= 15 is 0 Å². The van der Waals surface area contributed by atoms with Crippen LogP contribution in [0.4, 0.5) is 0 Å². The van der Waals surface area contributed by atoms with Crippen molar-refractivity contribution in [2.75, 3.05) is 0 Å². The zero-order valence-corrected chi connectivity index (χ0v) is 8.58. The van der Waals surface area contributed by atoms with E-state index in [1.54, 1.807) is 0 Å². The molecule has 0 heterocycles. The minimum Gasteiger partial charge on any atom is -0.353 e. The van der Waals surface area contributed by atoms with Crippen LogP contribution >= 0.6 is 0 Å². The van der Waals surface area contributed by atoms with Crippen molar-refractivity contribution in [3.05, 3.63) is 0 Å². The highest BCUT2D eigenvalue weighted by Crippen LogP contribution is 2.44. The largest absolute Gasteiger partial charge is 0.353 e. The van der Waals surface area contributed by atoms with Crippen molar-refractivity contribution in [1.82, 2.24) is 5.32 Å². The molecular formula is C11H17NO2. The molecule has 3 atom stereocenters. The zero-order valence-electron chi connectivity index (χ0n) is 8.58. The molecule has 0 aromatic heterocycles. The minimum absolute atomic E-state index is 0.0495. The van der Waals surface area contributed by atoms with E-state index in [-0.39, 0.29) is 18.1 Å². The predicted octanol–water partition coefficient (Wildman–Crippen LogP) is 1.27. The minimum atomic E-state index is -0.0879. The fraction of sp³-hybridized carbons (Fsp3) is 0.818. The highest BCUT2D eigenvalue weighted by atomic mass is 16.2. The molecule has 14 heavy (non-hydrogen) atoms. The monoisotopic (exact) mass is 195 g/mol. The number of carbonyl (C=O) groups is 2. The van der Waals surface area contributed by atoms with Gasteiger partial charge in [-0.05, 0) is 38.0 Å². The number of rotatable bonds is 3. The summed E-state index contributed by atoms with van der Waals surface area (Å²) in [4.78, 5) is 22.1. The van der Waals surface area contributed by atoms with Gasteiger partial charge in [0.05, 0.1) is 6.42 Å². The average molecular weight is 195 g/mol. The van der Waals surface area contributed by atoms with Crippen LogP contribution in [0.2, 0.25) is 0 Å². The molecule has 2 aliphatic carbocycles. The first kappa shape index (κ1) is 9.69. The third-order valence-corrected chi connectivity index (χ3v) is 3.49. The molecule has 1 N–H and O–H groups in total. The summed E-state index contributed by atoms with van der Waals surface area (Å²) < 4.78 is 0. The first-order valence-corrected chi connectivity index (χ1v) is 5.44. The van der Waals surface area contributed by atoms with Gasteiger partial charge in [-0.3, -0.25) is 9.59 Å². The van der Waals surface area contributed by atoms with E-state index in [4.69, 9.17) is 0 Å². The quantitative estimate of drug-likeness (QED) is 0.689.